The van der Waals surface area contributed by atoms with Crippen molar-refractivity contribution in [1.29, 1.82) is 0 Å². The fourth-order valence-corrected chi connectivity index (χ4v) is 5.39. The van der Waals surface area contributed by atoms with E-state index in [-0.39, 0.29) is 5.91 Å². The summed E-state index contributed by atoms with van der Waals surface area (Å²) in [6, 6.07) is 24.5. The standard InChI is InChI=1S/C29H30N4OS/c1-22-7-8-24(20-32-15-17-35-18-16-32)19-28(22)31-29(34)27-6-3-2-5-26(27)25-11-9-23(10-12-25)21-33-14-4-13-30-33/h2-14,19H,15-18,20-21H2,1H3,(H,31,34). The van der Waals surface area contributed by atoms with Gasteiger partial charge in [-0.05, 0) is 52.9 Å². The minimum absolute atomic E-state index is 0.0872. The lowest BCUT2D eigenvalue weighted by molar-refractivity contribution is 0.102. The van der Waals surface area contributed by atoms with Gasteiger partial charge < -0.3 is 5.32 Å². The van der Waals surface area contributed by atoms with Gasteiger partial charge in [0.1, 0.15) is 0 Å². The first kappa shape index (κ1) is 23.4. The SMILES string of the molecule is Cc1ccc(CN2CCSCC2)cc1NC(=O)c1ccccc1-c1ccc(Cn2cccn2)cc1. The van der Waals surface area contributed by atoms with Crippen LogP contribution in [0.25, 0.3) is 11.1 Å². The van der Waals surface area contributed by atoms with E-state index in [0.29, 0.717) is 5.56 Å². The molecule has 3 aromatic carbocycles. The topological polar surface area (TPSA) is 50.2 Å². The van der Waals surface area contributed by atoms with Gasteiger partial charge in [0, 0.05) is 54.8 Å². The Morgan fingerprint density at radius 1 is 0.943 bits per heavy atom. The minimum Gasteiger partial charge on any atom is -0.322 e. The summed E-state index contributed by atoms with van der Waals surface area (Å²) in [6.45, 7) is 5.93. The van der Waals surface area contributed by atoms with Crippen molar-refractivity contribution >= 4 is 23.4 Å². The van der Waals surface area contributed by atoms with E-state index < -0.39 is 0 Å². The van der Waals surface area contributed by atoms with E-state index in [2.05, 4.69) is 57.8 Å². The van der Waals surface area contributed by atoms with Gasteiger partial charge in [0.25, 0.3) is 5.91 Å². The summed E-state index contributed by atoms with van der Waals surface area (Å²) in [5.74, 6) is 2.29. The third-order valence-electron chi connectivity index (χ3n) is 6.40. The van der Waals surface area contributed by atoms with Gasteiger partial charge in [-0.15, -0.1) is 0 Å². The van der Waals surface area contributed by atoms with E-state index in [1.807, 2.05) is 59.9 Å². The van der Waals surface area contributed by atoms with Crippen molar-refractivity contribution in [3.05, 3.63) is 107 Å². The summed E-state index contributed by atoms with van der Waals surface area (Å²) in [5.41, 5.74) is 6.96. The highest BCUT2D eigenvalue weighted by molar-refractivity contribution is 7.99. The molecule has 35 heavy (non-hydrogen) atoms. The number of carbonyl (C=O) groups excluding carboxylic acids is 1. The lowest BCUT2D eigenvalue weighted by Crippen LogP contribution is -2.32. The van der Waals surface area contributed by atoms with Crippen LogP contribution < -0.4 is 5.32 Å². The molecule has 1 aliphatic rings. The van der Waals surface area contributed by atoms with Crippen LogP contribution in [0.4, 0.5) is 5.69 Å². The van der Waals surface area contributed by atoms with E-state index in [4.69, 9.17) is 0 Å². The van der Waals surface area contributed by atoms with E-state index in [0.717, 1.165) is 48.6 Å². The van der Waals surface area contributed by atoms with E-state index in [1.54, 1.807) is 6.20 Å². The lowest BCUT2D eigenvalue weighted by Gasteiger charge is -2.26. The second-order valence-electron chi connectivity index (χ2n) is 8.94. The molecule has 6 heteroatoms. The van der Waals surface area contributed by atoms with Crippen LogP contribution in [0.3, 0.4) is 0 Å². The van der Waals surface area contributed by atoms with Gasteiger partial charge in [-0.1, -0.05) is 54.6 Å². The highest BCUT2D eigenvalue weighted by Crippen LogP contribution is 2.26. The van der Waals surface area contributed by atoms with E-state index in [1.165, 1.54) is 22.6 Å². The highest BCUT2D eigenvalue weighted by Gasteiger charge is 2.15. The molecule has 0 aliphatic carbocycles. The first-order valence-electron chi connectivity index (χ1n) is 12.0. The van der Waals surface area contributed by atoms with Crippen molar-refractivity contribution in [3.8, 4) is 11.1 Å². The van der Waals surface area contributed by atoms with Crippen LogP contribution in [0.5, 0.6) is 0 Å². The molecule has 0 bridgehead atoms. The maximum atomic E-state index is 13.4. The smallest absolute Gasteiger partial charge is 0.256 e. The number of carbonyl (C=O) groups is 1. The molecular formula is C29H30N4OS. The predicted octanol–water partition coefficient (Wildman–Crippen LogP) is 5.71. The average molecular weight is 483 g/mol. The number of hydrogen-bond donors (Lipinski definition) is 1. The molecular weight excluding hydrogens is 452 g/mol. The molecule has 2 heterocycles. The number of thioether (sulfide) groups is 1. The molecule has 0 saturated carbocycles. The summed E-state index contributed by atoms with van der Waals surface area (Å²) >= 11 is 2.02. The minimum atomic E-state index is -0.0872. The largest absolute Gasteiger partial charge is 0.322 e. The fourth-order valence-electron chi connectivity index (χ4n) is 4.41. The Bertz CT molecular complexity index is 1280. The number of hydrogen-bond acceptors (Lipinski definition) is 4. The Morgan fingerprint density at radius 2 is 1.71 bits per heavy atom. The van der Waals surface area contributed by atoms with Crippen LogP contribution >= 0.6 is 11.8 Å². The summed E-state index contributed by atoms with van der Waals surface area (Å²) in [6.07, 6.45) is 3.74. The van der Waals surface area contributed by atoms with Crippen molar-refractivity contribution in [2.45, 2.75) is 20.0 Å². The van der Waals surface area contributed by atoms with Crippen LogP contribution in [0.15, 0.2) is 85.2 Å². The Hall–Kier alpha value is -3.35. The monoisotopic (exact) mass is 482 g/mol. The third-order valence-corrected chi connectivity index (χ3v) is 7.34. The zero-order valence-electron chi connectivity index (χ0n) is 20.0. The first-order valence-corrected chi connectivity index (χ1v) is 13.2. The summed E-state index contributed by atoms with van der Waals surface area (Å²) in [5, 5.41) is 7.46. The van der Waals surface area contributed by atoms with Crippen molar-refractivity contribution in [1.82, 2.24) is 14.7 Å². The number of amides is 1. The average Bonchev–Trinajstić information content (AvgIpc) is 3.40. The van der Waals surface area contributed by atoms with Crippen LogP contribution in [0, 0.1) is 6.92 Å². The molecule has 4 aromatic rings. The van der Waals surface area contributed by atoms with Gasteiger partial charge in [0.2, 0.25) is 0 Å². The van der Waals surface area contributed by atoms with Crippen LogP contribution in [0.2, 0.25) is 0 Å². The quantitative estimate of drug-likeness (QED) is 0.367. The molecule has 1 N–H and O–H groups in total. The molecule has 1 aliphatic heterocycles. The number of aryl methyl sites for hydroxylation is 1. The predicted molar refractivity (Wildman–Crippen MR) is 145 cm³/mol. The fraction of sp³-hybridized carbons (Fsp3) is 0.241. The normalized spacial score (nSPS) is 14.1. The van der Waals surface area contributed by atoms with Gasteiger partial charge in [0.05, 0.1) is 6.54 Å². The molecule has 5 nitrogen and oxygen atoms in total. The van der Waals surface area contributed by atoms with Crippen LogP contribution in [-0.4, -0.2) is 45.2 Å². The lowest BCUT2D eigenvalue weighted by atomic mass is 9.98. The molecule has 1 saturated heterocycles. The van der Waals surface area contributed by atoms with E-state index in [9.17, 15) is 4.79 Å². The van der Waals surface area contributed by atoms with Crippen molar-refractivity contribution < 1.29 is 4.79 Å². The zero-order chi connectivity index (χ0) is 24.0. The van der Waals surface area contributed by atoms with Crippen molar-refractivity contribution in [3.63, 3.8) is 0 Å². The number of aromatic nitrogens is 2. The van der Waals surface area contributed by atoms with Gasteiger partial charge >= 0.3 is 0 Å². The molecule has 0 unspecified atom stereocenters. The molecule has 1 amide bonds. The molecule has 5 rings (SSSR count). The van der Waals surface area contributed by atoms with Crippen molar-refractivity contribution in [2.75, 3.05) is 29.9 Å². The third kappa shape index (κ3) is 5.84. The molecule has 178 valence electrons. The van der Waals surface area contributed by atoms with Gasteiger partial charge in [-0.2, -0.15) is 16.9 Å². The summed E-state index contributed by atoms with van der Waals surface area (Å²) in [4.78, 5) is 15.9. The molecule has 1 aromatic heterocycles. The Balaban J connectivity index is 1.33. The van der Waals surface area contributed by atoms with Crippen LogP contribution in [0.1, 0.15) is 27.0 Å². The van der Waals surface area contributed by atoms with Gasteiger partial charge in [-0.3, -0.25) is 14.4 Å². The van der Waals surface area contributed by atoms with E-state index >= 15 is 0 Å². The maximum absolute atomic E-state index is 13.4. The molecule has 0 radical (unpaired) electrons. The maximum Gasteiger partial charge on any atom is 0.256 e. The zero-order valence-corrected chi connectivity index (χ0v) is 20.8. The van der Waals surface area contributed by atoms with Gasteiger partial charge in [0.15, 0.2) is 0 Å². The van der Waals surface area contributed by atoms with Crippen LogP contribution in [-0.2, 0) is 13.1 Å². The number of rotatable bonds is 7. The van der Waals surface area contributed by atoms with Gasteiger partial charge in [-0.25, -0.2) is 0 Å². The number of nitrogens with zero attached hydrogens (tertiary/aromatic N) is 3. The molecule has 0 spiro atoms. The number of anilines is 1. The first-order chi connectivity index (χ1) is 17.2. The highest BCUT2D eigenvalue weighted by atomic mass is 32.2. The Kier molecular flexibility index (Phi) is 7.31. The summed E-state index contributed by atoms with van der Waals surface area (Å²) in [7, 11) is 0. The molecule has 0 atom stereocenters. The Labute approximate surface area is 211 Å². The second-order valence-corrected chi connectivity index (χ2v) is 10.2. The molecule has 1 fully saturated rings. The number of benzene rings is 3. The van der Waals surface area contributed by atoms with Crippen molar-refractivity contribution in [2.24, 2.45) is 0 Å². The summed E-state index contributed by atoms with van der Waals surface area (Å²) < 4.78 is 1.90. The Morgan fingerprint density at radius 3 is 2.49 bits per heavy atom. The second kappa shape index (κ2) is 10.9. The number of nitrogens with one attached hydrogen (secondary N) is 1.